The van der Waals surface area contributed by atoms with Crippen molar-refractivity contribution in [3.8, 4) is 0 Å². The molecular formula is C16H24N4O2. The van der Waals surface area contributed by atoms with Gasteiger partial charge in [-0.3, -0.25) is 0 Å². The van der Waals surface area contributed by atoms with Crippen LogP contribution in [-0.4, -0.2) is 80.5 Å². The summed E-state index contributed by atoms with van der Waals surface area (Å²) in [5, 5.41) is 9.22. The van der Waals surface area contributed by atoms with E-state index < -0.39 is 0 Å². The fourth-order valence-electron chi connectivity index (χ4n) is 2.94. The minimum atomic E-state index is 0.151. The Balaban J connectivity index is 1.89. The summed E-state index contributed by atoms with van der Waals surface area (Å²) in [5.74, 6) is 0.940. The van der Waals surface area contributed by atoms with E-state index >= 15 is 0 Å². The predicted octanol–water partition coefficient (Wildman–Crippen LogP) is 0.750. The van der Waals surface area contributed by atoms with Crippen LogP contribution in [-0.2, 0) is 4.74 Å². The van der Waals surface area contributed by atoms with E-state index in [-0.39, 0.29) is 6.61 Å². The van der Waals surface area contributed by atoms with E-state index in [0.29, 0.717) is 6.54 Å². The van der Waals surface area contributed by atoms with E-state index in [0.717, 1.165) is 56.7 Å². The van der Waals surface area contributed by atoms with Gasteiger partial charge in [0.1, 0.15) is 0 Å². The maximum absolute atomic E-state index is 9.22. The van der Waals surface area contributed by atoms with Gasteiger partial charge in [0.15, 0.2) is 0 Å². The van der Waals surface area contributed by atoms with Crippen LogP contribution < -0.4 is 4.90 Å². The molecule has 120 valence electrons. The molecule has 2 heterocycles. The van der Waals surface area contributed by atoms with Gasteiger partial charge in [-0.1, -0.05) is 12.1 Å². The number of nitrogens with zero attached hydrogens (tertiary/aromatic N) is 4. The molecule has 2 saturated heterocycles. The molecule has 2 fully saturated rings. The zero-order valence-corrected chi connectivity index (χ0v) is 13.1. The second kappa shape index (κ2) is 6.98. The Labute approximate surface area is 131 Å². The lowest BCUT2D eigenvalue weighted by atomic mass is 10.2. The second-order valence-corrected chi connectivity index (χ2v) is 5.63. The largest absolute Gasteiger partial charge is 0.395 e. The minimum Gasteiger partial charge on any atom is -0.395 e. The number of rotatable bonds is 4. The van der Waals surface area contributed by atoms with Crippen LogP contribution in [0.5, 0.6) is 0 Å². The van der Waals surface area contributed by atoms with E-state index in [1.165, 1.54) is 0 Å². The van der Waals surface area contributed by atoms with Crippen LogP contribution >= 0.6 is 0 Å². The molecule has 22 heavy (non-hydrogen) atoms. The Morgan fingerprint density at radius 2 is 1.91 bits per heavy atom. The first kappa shape index (κ1) is 15.1. The summed E-state index contributed by atoms with van der Waals surface area (Å²) in [7, 11) is 2.05. The third-order valence-corrected chi connectivity index (χ3v) is 4.15. The van der Waals surface area contributed by atoms with E-state index in [4.69, 9.17) is 9.73 Å². The zero-order chi connectivity index (χ0) is 15.4. The van der Waals surface area contributed by atoms with Gasteiger partial charge in [-0.05, 0) is 12.1 Å². The number of aliphatic hydroxyl groups is 1. The molecule has 6 nitrogen and oxygen atoms in total. The first-order valence-corrected chi connectivity index (χ1v) is 7.87. The summed E-state index contributed by atoms with van der Waals surface area (Å²) in [6.07, 6.45) is 0. The summed E-state index contributed by atoms with van der Waals surface area (Å²) >= 11 is 0. The first-order valence-electron chi connectivity index (χ1n) is 7.87. The van der Waals surface area contributed by atoms with Crippen molar-refractivity contribution in [2.45, 2.75) is 0 Å². The highest BCUT2D eigenvalue weighted by Gasteiger charge is 2.24. The average molecular weight is 304 g/mol. The van der Waals surface area contributed by atoms with Crippen molar-refractivity contribution >= 4 is 17.3 Å². The SMILES string of the molecule is CN1CCN(CCO)C1=Nc1ccccc1N1CCOCC1. The molecule has 1 aromatic carbocycles. The monoisotopic (exact) mass is 304 g/mol. The molecule has 0 radical (unpaired) electrons. The van der Waals surface area contributed by atoms with Gasteiger partial charge in [-0.2, -0.15) is 0 Å². The number of β-amino-alcohol motifs (C(OH)–C–C–N with tert-alkyl or cyclic N) is 1. The minimum absolute atomic E-state index is 0.151. The smallest absolute Gasteiger partial charge is 0.201 e. The lowest BCUT2D eigenvalue weighted by Gasteiger charge is -2.30. The van der Waals surface area contributed by atoms with Crippen LogP contribution in [0, 0.1) is 0 Å². The van der Waals surface area contributed by atoms with E-state index in [2.05, 4.69) is 32.9 Å². The van der Waals surface area contributed by atoms with E-state index in [9.17, 15) is 5.11 Å². The maximum Gasteiger partial charge on any atom is 0.201 e. The van der Waals surface area contributed by atoms with Crippen molar-refractivity contribution in [1.29, 1.82) is 0 Å². The lowest BCUT2D eigenvalue weighted by molar-refractivity contribution is 0.123. The molecular weight excluding hydrogens is 280 g/mol. The molecule has 1 N–H and O–H groups in total. The molecule has 3 rings (SSSR count). The highest BCUT2D eigenvalue weighted by Crippen LogP contribution is 2.30. The fourth-order valence-corrected chi connectivity index (χ4v) is 2.94. The quantitative estimate of drug-likeness (QED) is 0.890. The molecule has 0 aromatic heterocycles. The molecule has 0 bridgehead atoms. The average Bonchev–Trinajstić information content (AvgIpc) is 2.90. The number of hydrogen-bond acceptors (Lipinski definition) is 4. The number of anilines is 1. The van der Waals surface area contributed by atoms with Crippen molar-refractivity contribution in [3.05, 3.63) is 24.3 Å². The Morgan fingerprint density at radius 3 is 2.68 bits per heavy atom. The Morgan fingerprint density at radius 1 is 1.14 bits per heavy atom. The molecule has 0 atom stereocenters. The van der Waals surface area contributed by atoms with Gasteiger partial charge in [0.05, 0.1) is 31.2 Å². The topological polar surface area (TPSA) is 51.5 Å². The molecule has 0 spiro atoms. The number of likely N-dealkylation sites (N-methyl/N-ethyl adjacent to an activating group) is 1. The fraction of sp³-hybridized carbons (Fsp3) is 0.562. The van der Waals surface area contributed by atoms with Gasteiger partial charge >= 0.3 is 0 Å². The van der Waals surface area contributed by atoms with Gasteiger partial charge in [0, 0.05) is 39.8 Å². The summed E-state index contributed by atoms with van der Waals surface area (Å²) in [5.41, 5.74) is 2.14. The van der Waals surface area contributed by atoms with Crippen molar-refractivity contribution in [2.75, 3.05) is 64.5 Å². The number of ether oxygens (including phenoxy) is 1. The molecule has 6 heteroatoms. The summed E-state index contributed by atoms with van der Waals surface area (Å²) in [6, 6.07) is 8.25. The molecule has 2 aliphatic heterocycles. The highest BCUT2D eigenvalue weighted by atomic mass is 16.5. The number of para-hydroxylation sites is 2. The van der Waals surface area contributed by atoms with Crippen molar-refractivity contribution in [2.24, 2.45) is 4.99 Å². The molecule has 0 unspecified atom stereocenters. The second-order valence-electron chi connectivity index (χ2n) is 5.63. The lowest BCUT2D eigenvalue weighted by Crippen LogP contribution is -2.36. The summed E-state index contributed by atoms with van der Waals surface area (Å²) in [4.78, 5) is 11.5. The van der Waals surface area contributed by atoms with Crippen LogP contribution in [0.4, 0.5) is 11.4 Å². The third kappa shape index (κ3) is 3.18. The third-order valence-electron chi connectivity index (χ3n) is 4.15. The Bertz CT molecular complexity index is 527. The summed E-state index contributed by atoms with van der Waals surface area (Å²) in [6.45, 7) is 5.97. The van der Waals surface area contributed by atoms with Gasteiger partial charge in [-0.25, -0.2) is 4.99 Å². The van der Waals surface area contributed by atoms with Gasteiger partial charge in [0.25, 0.3) is 0 Å². The van der Waals surface area contributed by atoms with Crippen LogP contribution in [0.15, 0.2) is 29.3 Å². The van der Waals surface area contributed by atoms with Gasteiger partial charge < -0.3 is 24.5 Å². The molecule has 2 aliphatic rings. The highest BCUT2D eigenvalue weighted by molar-refractivity contribution is 5.86. The van der Waals surface area contributed by atoms with Crippen LogP contribution in [0.3, 0.4) is 0 Å². The number of aliphatic imine (C=N–C) groups is 1. The zero-order valence-electron chi connectivity index (χ0n) is 13.1. The molecule has 0 saturated carbocycles. The predicted molar refractivity (Wildman–Crippen MR) is 87.9 cm³/mol. The van der Waals surface area contributed by atoms with Crippen molar-refractivity contribution < 1.29 is 9.84 Å². The molecule has 0 aliphatic carbocycles. The number of aliphatic hydroxyl groups excluding tert-OH is 1. The summed E-state index contributed by atoms with van der Waals surface area (Å²) < 4.78 is 5.44. The normalized spacial score (nSPS) is 21.0. The number of benzene rings is 1. The van der Waals surface area contributed by atoms with Crippen molar-refractivity contribution in [3.63, 3.8) is 0 Å². The Kier molecular flexibility index (Phi) is 4.80. The maximum atomic E-state index is 9.22. The van der Waals surface area contributed by atoms with Crippen LogP contribution in [0.2, 0.25) is 0 Å². The van der Waals surface area contributed by atoms with E-state index in [1.54, 1.807) is 0 Å². The number of guanidine groups is 1. The standard InChI is InChI=1S/C16H24N4O2/c1-18-6-7-20(8-11-21)16(18)17-14-4-2-3-5-15(14)19-9-12-22-13-10-19/h2-5,21H,6-13H2,1H3. The molecule has 1 aromatic rings. The van der Waals surface area contributed by atoms with Crippen molar-refractivity contribution in [1.82, 2.24) is 9.80 Å². The van der Waals surface area contributed by atoms with Crippen LogP contribution in [0.25, 0.3) is 0 Å². The van der Waals surface area contributed by atoms with Gasteiger partial charge in [0.2, 0.25) is 5.96 Å². The number of hydrogen-bond donors (Lipinski definition) is 1. The number of morpholine rings is 1. The van der Waals surface area contributed by atoms with E-state index in [1.807, 2.05) is 13.1 Å². The molecule has 0 amide bonds. The van der Waals surface area contributed by atoms with Gasteiger partial charge in [-0.15, -0.1) is 0 Å². The van der Waals surface area contributed by atoms with Crippen LogP contribution in [0.1, 0.15) is 0 Å². The Hall–Kier alpha value is -1.79. The first-order chi connectivity index (χ1) is 10.8.